The summed E-state index contributed by atoms with van der Waals surface area (Å²) in [6, 6.07) is 6.05. The van der Waals surface area contributed by atoms with Crippen molar-refractivity contribution in [2.75, 3.05) is 5.73 Å². The molecule has 0 saturated carbocycles. The Bertz CT molecular complexity index is 729. The van der Waals surface area contributed by atoms with Gasteiger partial charge in [-0.05, 0) is 31.5 Å². The molecular weight excluding hydrogens is 226 g/mol. The Hall–Kier alpha value is -2.43. The number of H-pyrrole nitrogens is 1. The molecule has 3 aromatic rings. The number of aromatic amines is 1. The second-order valence-electron chi connectivity index (χ2n) is 4.35. The van der Waals surface area contributed by atoms with Crippen LogP contribution in [-0.2, 0) is 0 Å². The molecular formula is C13H13N5. The summed E-state index contributed by atoms with van der Waals surface area (Å²) in [5, 5.41) is 0. The summed E-state index contributed by atoms with van der Waals surface area (Å²) >= 11 is 0. The summed E-state index contributed by atoms with van der Waals surface area (Å²) in [7, 11) is 0. The van der Waals surface area contributed by atoms with Gasteiger partial charge >= 0.3 is 0 Å². The zero-order chi connectivity index (χ0) is 12.7. The van der Waals surface area contributed by atoms with Gasteiger partial charge in [0.15, 0.2) is 11.6 Å². The van der Waals surface area contributed by atoms with Crippen molar-refractivity contribution in [1.82, 2.24) is 19.9 Å². The maximum Gasteiger partial charge on any atom is 0.161 e. The van der Waals surface area contributed by atoms with Gasteiger partial charge in [0.25, 0.3) is 0 Å². The Morgan fingerprint density at radius 3 is 2.83 bits per heavy atom. The second-order valence-corrected chi connectivity index (χ2v) is 4.35. The number of benzene rings is 1. The Morgan fingerprint density at radius 2 is 2.00 bits per heavy atom. The average Bonchev–Trinajstić information content (AvgIpc) is 2.74. The minimum Gasteiger partial charge on any atom is -0.382 e. The van der Waals surface area contributed by atoms with Gasteiger partial charge in [-0.1, -0.05) is 6.07 Å². The largest absolute Gasteiger partial charge is 0.382 e. The van der Waals surface area contributed by atoms with Gasteiger partial charge in [0.05, 0.1) is 22.9 Å². The van der Waals surface area contributed by atoms with Crippen LogP contribution < -0.4 is 5.73 Å². The first-order valence-corrected chi connectivity index (χ1v) is 5.69. The van der Waals surface area contributed by atoms with Crippen molar-refractivity contribution in [3.8, 4) is 11.5 Å². The SMILES string of the molecule is Cc1ccc2nc(-c3nc(C)cnc3N)[nH]c2c1. The number of nitrogens with two attached hydrogens (primary N) is 1. The number of nitrogen functional groups attached to an aromatic ring is 1. The van der Waals surface area contributed by atoms with Crippen molar-refractivity contribution in [3.63, 3.8) is 0 Å². The van der Waals surface area contributed by atoms with Gasteiger partial charge in [0.1, 0.15) is 5.69 Å². The molecule has 0 saturated heterocycles. The smallest absolute Gasteiger partial charge is 0.161 e. The van der Waals surface area contributed by atoms with Gasteiger partial charge in [-0.3, -0.25) is 0 Å². The molecule has 90 valence electrons. The van der Waals surface area contributed by atoms with Crippen molar-refractivity contribution >= 4 is 16.9 Å². The standard InChI is InChI=1S/C13H13N5/c1-7-3-4-9-10(5-7)18-13(17-9)11-12(14)15-6-8(2)16-11/h3-6H,1-2H3,(H2,14,15)(H,17,18). The molecule has 0 aliphatic carbocycles. The normalized spacial score (nSPS) is 11.0. The molecule has 0 atom stereocenters. The maximum atomic E-state index is 5.84. The van der Waals surface area contributed by atoms with Crippen molar-refractivity contribution in [1.29, 1.82) is 0 Å². The molecule has 0 radical (unpaired) electrons. The molecule has 5 nitrogen and oxygen atoms in total. The van der Waals surface area contributed by atoms with Crippen LogP contribution in [0.15, 0.2) is 24.4 Å². The summed E-state index contributed by atoms with van der Waals surface area (Å²) in [6.07, 6.45) is 1.64. The molecule has 2 aromatic heterocycles. The van der Waals surface area contributed by atoms with E-state index in [1.54, 1.807) is 6.20 Å². The zero-order valence-electron chi connectivity index (χ0n) is 10.2. The van der Waals surface area contributed by atoms with E-state index in [1.807, 2.05) is 32.0 Å². The van der Waals surface area contributed by atoms with Crippen molar-refractivity contribution in [2.45, 2.75) is 13.8 Å². The molecule has 0 fully saturated rings. The zero-order valence-corrected chi connectivity index (χ0v) is 10.2. The second kappa shape index (κ2) is 3.80. The Labute approximate surface area is 104 Å². The number of rotatable bonds is 1. The number of nitrogens with zero attached hydrogens (tertiary/aromatic N) is 3. The molecule has 1 aromatic carbocycles. The minimum atomic E-state index is 0.386. The van der Waals surface area contributed by atoms with E-state index in [2.05, 4.69) is 19.9 Å². The Morgan fingerprint density at radius 1 is 1.17 bits per heavy atom. The number of nitrogens with one attached hydrogen (secondary N) is 1. The number of anilines is 1. The summed E-state index contributed by atoms with van der Waals surface area (Å²) < 4.78 is 0. The van der Waals surface area contributed by atoms with Crippen LogP contribution in [-0.4, -0.2) is 19.9 Å². The van der Waals surface area contributed by atoms with Crippen molar-refractivity contribution in [3.05, 3.63) is 35.7 Å². The van der Waals surface area contributed by atoms with Gasteiger partial charge in [-0.25, -0.2) is 15.0 Å². The number of imidazole rings is 1. The predicted octanol–water partition coefficient (Wildman–Crippen LogP) is 2.22. The maximum absolute atomic E-state index is 5.84. The van der Waals surface area contributed by atoms with E-state index >= 15 is 0 Å². The van der Waals surface area contributed by atoms with Crippen molar-refractivity contribution in [2.24, 2.45) is 0 Å². The fourth-order valence-corrected chi connectivity index (χ4v) is 1.90. The molecule has 0 bridgehead atoms. The molecule has 3 N–H and O–H groups in total. The van der Waals surface area contributed by atoms with E-state index < -0.39 is 0 Å². The van der Waals surface area contributed by atoms with E-state index in [0.29, 0.717) is 17.3 Å². The lowest BCUT2D eigenvalue weighted by molar-refractivity contribution is 1.11. The lowest BCUT2D eigenvalue weighted by Crippen LogP contribution is -1.99. The highest BCUT2D eigenvalue weighted by atomic mass is 15.0. The van der Waals surface area contributed by atoms with Crippen LogP contribution in [0.1, 0.15) is 11.3 Å². The fraction of sp³-hybridized carbons (Fsp3) is 0.154. The van der Waals surface area contributed by atoms with Crippen LogP contribution in [0.3, 0.4) is 0 Å². The van der Waals surface area contributed by atoms with Crippen LogP contribution in [0.4, 0.5) is 5.82 Å². The third-order valence-electron chi connectivity index (χ3n) is 2.78. The van der Waals surface area contributed by atoms with Crippen LogP contribution in [0.25, 0.3) is 22.6 Å². The number of hydrogen-bond donors (Lipinski definition) is 2. The van der Waals surface area contributed by atoms with E-state index in [0.717, 1.165) is 16.7 Å². The van der Waals surface area contributed by atoms with E-state index in [1.165, 1.54) is 5.56 Å². The summed E-state index contributed by atoms with van der Waals surface area (Å²) in [5.74, 6) is 1.04. The van der Waals surface area contributed by atoms with Gasteiger partial charge in [-0.2, -0.15) is 0 Å². The first kappa shape index (κ1) is 10.7. The molecule has 0 aliphatic heterocycles. The predicted molar refractivity (Wildman–Crippen MR) is 71.0 cm³/mol. The third kappa shape index (κ3) is 1.69. The number of hydrogen-bond acceptors (Lipinski definition) is 4. The summed E-state index contributed by atoms with van der Waals surface area (Å²) in [6.45, 7) is 3.92. The number of fused-ring (bicyclic) bond motifs is 1. The Kier molecular flexibility index (Phi) is 2.26. The molecule has 0 amide bonds. The minimum absolute atomic E-state index is 0.386. The first-order chi connectivity index (χ1) is 8.63. The van der Waals surface area contributed by atoms with Crippen LogP contribution in [0.2, 0.25) is 0 Å². The van der Waals surface area contributed by atoms with Crippen LogP contribution in [0.5, 0.6) is 0 Å². The topological polar surface area (TPSA) is 80.5 Å². The highest BCUT2D eigenvalue weighted by Gasteiger charge is 2.11. The number of aromatic nitrogens is 4. The van der Waals surface area contributed by atoms with E-state index in [9.17, 15) is 0 Å². The molecule has 18 heavy (non-hydrogen) atoms. The van der Waals surface area contributed by atoms with Crippen molar-refractivity contribution < 1.29 is 0 Å². The molecule has 0 spiro atoms. The molecule has 5 heteroatoms. The molecule has 2 heterocycles. The fourth-order valence-electron chi connectivity index (χ4n) is 1.90. The lowest BCUT2D eigenvalue weighted by Gasteiger charge is -2.00. The van der Waals surface area contributed by atoms with Crippen LogP contribution >= 0.6 is 0 Å². The molecule has 0 aliphatic rings. The van der Waals surface area contributed by atoms with E-state index in [4.69, 9.17) is 5.73 Å². The quantitative estimate of drug-likeness (QED) is 0.682. The highest BCUT2D eigenvalue weighted by Crippen LogP contribution is 2.22. The highest BCUT2D eigenvalue weighted by molar-refractivity contribution is 5.80. The third-order valence-corrected chi connectivity index (χ3v) is 2.78. The van der Waals surface area contributed by atoms with Gasteiger partial charge in [0.2, 0.25) is 0 Å². The van der Waals surface area contributed by atoms with Crippen LogP contribution in [0, 0.1) is 13.8 Å². The number of aryl methyl sites for hydroxylation is 2. The van der Waals surface area contributed by atoms with E-state index in [-0.39, 0.29) is 0 Å². The average molecular weight is 239 g/mol. The molecule has 0 unspecified atom stereocenters. The monoisotopic (exact) mass is 239 g/mol. The first-order valence-electron chi connectivity index (χ1n) is 5.69. The lowest BCUT2D eigenvalue weighted by atomic mass is 10.2. The summed E-state index contributed by atoms with van der Waals surface area (Å²) in [5.41, 5.74) is 10.3. The molecule has 3 rings (SSSR count). The van der Waals surface area contributed by atoms with Gasteiger partial charge in [-0.15, -0.1) is 0 Å². The summed E-state index contributed by atoms with van der Waals surface area (Å²) in [4.78, 5) is 16.2. The Balaban J connectivity index is 2.22. The van der Waals surface area contributed by atoms with Gasteiger partial charge in [0, 0.05) is 0 Å². The van der Waals surface area contributed by atoms with Gasteiger partial charge < -0.3 is 10.7 Å².